The molecule has 164 valence electrons. The number of amides is 1. The van der Waals surface area contributed by atoms with Gasteiger partial charge in [-0.2, -0.15) is 0 Å². The average Bonchev–Trinajstić information content (AvgIpc) is 2.72. The number of carbonyl (C=O) groups is 1. The van der Waals surface area contributed by atoms with Gasteiger partial charge in [0.05, 0.1) is 20.4 Å². The fourth-order valence-corrected chi connectivity index (χ4v) is 5.93. The highest BCUT2D eigenvalue weighted by molar-refractivity contribution is 7.79. The monoisotopic (exact) mass is 431 g/mol. The number of hydrogen-bond donors (Lipinski definition) is 0. The van der Waals surface area contributed by atoms with Gasteiger partial charge in [0.2, 0.25) is 5.91 Å². The van der Waals surface area contributed by atoms with Gasteiger partial charge < -0.3 is 18.9 Å². The molecule has 0 aliphatic heterocycles. The minimum atomic E-state index is -3.18. The van der Waals surface area contributed by atoms with Crippen LogP contribution >= 0.6 is 7.14 Å². The number of nitrogens with zero attached hydrogens (tertiary/aromatic N) is 1. The lowest BCUT2D eigenvalue weighted by Crippen LogP contribution is -2.40. The first-order valence-electron chi connectivity index (χ1n) is 10.4. The first-order chi connectivity index (χ1) is 14.2. The van der Waals surface area contributed by atoms with Gasteiger partial charge in [0.15, 0.2) is 7.14 Å². The summed E-state index contributed by atoms with van der Waals surface area (Å²) in [5.41, 5.74) is 0. The number of benzene rings is 2. The summed E-state index contributed by atoms with van der Waals surface area (Å²) in [6, 6.07) is 14.3. The van der Waals surface area contributed by atoms with Crippen LogP contribution in [0.5, 0.6) is 11.5 Å². The SMILES string of the molecule is COc1ccc(P(=O)(CC(=O)N(CC(C)C)CC(C)C)c2ccc(OC)cc2)cc1. The van der Waals surface area contributed by atoms with Crippen LogP contribution in [0.4, 0.5) is 0 Å². The van der Waals surface area contributed by atoms with E-state index in [4.69, 9.17) is 9.47 Å². The van der Waals surface area contributed by atoms with Crippen molar-refractivity contribution in [3.8, 4) is 11.5 Å². The summed E-state index contributed by atoms with van der Waals surface area (Å²) in [5.74, 6) is 1.98. The fraction of sp³-hybridized carbons (Fsp3) is 0.458. The summed E-state index contributed by atoms with van der Waals surface area (Å²) >= 11 is 0. The van der Waals surface area contributed by atoms with Crippen LogP contribution in [0.2, 0.25) is 0 Å². The van der Waals surface area contributed by atoms with Crippen molar-refractivity contribution >= 4 is 23.7 Å². The Kier molecular flexibility index (Phi) is 8.54. The maximum Gasteiger partial charge on any atom is 0.230 e. The molecule has 0 unspecified atom stereocenters. The summed E-state index contributed by atoms with van der Waals surface area (Å²) in [6.07, 6.45) is -0.0366. The van der Waals surface area contributed by atoms with Crippen molar-refractivity contribution in [2.75, 3.05) is 33.5 Å². The molecule has 0 saturated carbocycles. The highest BCUT2D eigenvalue weighted by Gasteiger charge is 2.33. The summed E-state index contributed by atoms with van der Waals surface area (Å²) in [7, 11) is 0.00519. The van der Waals surface area contributed by atoms with E-state index in [1.807, 2.05) is 4.90 Å². The summed E-state index contributed by atoms with van der Waals surface area (Å²) in [5, 5.41) is 1.30. The molecule has 0 bridgehead atoms. The second kappa shape index (κ2) is 10.7. The molecule has 2 aromatic carbocycles. The molecule has 1 amide bonds. The van der Waals surface area contributed by atoms with Gasteiger partial charge in [-0.05, 0) is 60.4 Å². The molecule has 5 nitrogen and oxygen atoms in total. The van der Waals surface area contributed by atoms with E-state index >= 15 is 0 Å². The molecule has 0 atom stereocenters. The normalized spacial score (nSPS) is 11.6. The van der Waals surface area contributed by atoms with Gasteiger partial charge in [0, 0.05) is 23.7 Å². The summed E-state index contributed by atoms with van der Waals surface area (Å²) in [4.78, 5) is 15.2. The van der Waals surface area contributed by atoms with Crippen molar-refractivity contribution in [3.63, 3.8) is 0 Å². The second-order valence-corrected chi connectivity index (χ2v) is 11.2. The molecule has 0 fully saturated rings. The van der Waals surface area contributed by atoms with E-state index in [0.717, 1.165) is 0 Å². The van der Waals surface area contributed by atoms with Crippen molar-refractivity contribution in [2.45, 2.75) is 27.7 Å². The van der Waals surface area contributed by atoms with Gasteiger partial charge in [-0.1, -0.05) is 27.7 Å². The lowest BCUT2D eigenvalue weighted by molar-refractivity contribution is -0.129. The minimum Gasteiger partial charge on any atom is -0.497 e. The molecule has 0 radical (unpaired) electrons. The highest BCUT2D eigenvalue weighted by atomic mass is 31.2. The standard InChI is InChI=1S/C24H34NO4P/c1-18(2)15-25(16-19(3)4)24(26)17-30(27,22-11-7-20(28-5)8-12-22)23-13-9-21(29-6)10-14-23/h7-14,18-19H,15-17H2,1-6H3. The van der Waals surface area contributed by atoms with Crippen LogP contribution < -0.4 is 20.1 Å². The van der Waals surface area contributed by atoms with Crippen LogP contribution in [0, 0.1) is 11.8 Å². The third-order valence-corrected chi connectivity index (χ3v) is 7.84. The van der Waals surface area contributed by atoms with Crippen molar-refractivity contribution < 1.29 is 18.8 Å². The highest BCUT2D eigenvalue weighted by Crippen LogP contribution is 2.44. The lowest BCUT2D eigenvalue weighted by atomic mass is 10.1. The largest absolute Gasteiger partial charge is 0.497 e. The molecule has 0 aliphatic rings. The predicted molar refractivity (Wildman–Crippen MR) is 124 cm³/mol. The molecule has 0 aliphatic carbocycles. The Morgan fingerprint density at radius 2 is 1.17 bits per heavy atom. The number of methoxy groups -OCH3 is 2. The average molecular weight is 432 g/mol. The quantitative estimate of drug-likeness (QED) is 0.530. The molecule has 0 spiro atoms. The molecule has 30 heavy (non-hydrogen) atoms. The van der Waals surface area contributed by atoms with Crippen LogP contribution in [0.25, 0.3) is 0 Å². The maximum atomic E-state index is 14.4. The van der Waals surface area contributed by atoms with Crippen molar-refractivity contribution in [3.05, 3.63) is 48.5 Å². The van der Waals surface area contributed by atoms with Crippen LogP contribution in [-0.2, 0) is 9.36 Å². The molecule has 0 aromatic heterocycles. The third-order valence-electron chi connectivity index (χ3n) is 4.86. The molecule has 0 N–H and O–H groups in total. The van der Waals surface area contributed by atoms with Gasteiger partial charge in [0.1, 0.15) is 11.5 Å². The van der Waals surface area contributed by atoms with Gasteiger partial charge in [-0.25, -0.2) is 0 Å². The topological polar surface area (TPSA) is 55.8 Å². The minimum absolute atomic E-state index is 0.0366. The van der Waals surface area contributed by atoms with E-state index in [9.17, 15) is 9.36 Å². The van der Waals surface area contributed by atoms with E-state index in [1.54, 1.807) is 62.8 Å². The molecule has 0 heterocycles. The van der Waals surface area contributed by atoms with Crippen LogP contribution in [0.3, 0.4) is 0 Å². The Bertz CT molecular complexity index is 798. The van der Waals surface area contributed by atoms with Crippen molar-refractivity contribution in [2.24, 2.45) is 11.8 Å². The zero-order valence-electron chi connectivity index (χ0n) is 18.9. The van der Waals surface area contributed by atoms with Crippen molar-refractivity contribution in [1.29, 1.82) is 0 Å². The van der Waals surface area contributed by atoms with Gasteiger partial charge in [-0.15, -0.1) is 0 Å². The molecular formula is C24H34NO4P. The van der Waals surface area contributed by atoms with E-state index < -0.39 is 7.14 Å². The van der Waals surface area contributed by atoms with Gasteiger partial charge in [0.25, 0.3) is 0 Å². The van der Waals surface area contributed by atoms with Crippen molar-refractivity contribution in [1.82, 2.24) is 4.90 Å². The van der Waals surface area contributed by atoms with Crippen LogP contribution in [0.15, 0.2) is 48.5 Å². The summed E-state index contributed by atoms with van der Waals surface area (Å²) in [6.45, 7) is 9.67. The predicted octanol–water partition coefficient (Wildman–Crippen LogP) is 4.16. The maximum absolute atomic E-state index is 14.4. The molecule has 0 saturated heterocycles. The fourth-order valence-electron chi connectivity index (χ4n) is 3.43. The molecule has 6 heteroatoms. The number of carbonyl (C=O) groups excluding carboxylic acids is 1. The van der Waals surface area contributed by atoms with Gasteiger partial charge in [-0.3, -0.25) is 4.79 Å². The van der Waals surface area contributed by atoms with E-state index in [0.29, 0.717) is 47.0 Å². The van der Waals surface area contributed by atoms with Crippen LogP contribution in [-0.4, -0.2) is 44.3 Å². The number of rotatable bonds is 10. The Morgan fingerprint density at radius 1 is 0.800 bits per heavy atom. The first-order valence-corrected chi connectivity index (χ1v) is 12.2. The van der Waals surface area contributed by atoms with Crippen LogP contribution in [0.1, 0.15) is 27.7 Å². The number of ether oxygens (including phenoxy) is 2. The van der Waals surface area contributed by atoms with E-state index in [-0.39, 0.29) is 12.1 Å². The lowest BCUT2D eigenvalue weighted by Gasteiger charge is -2.29. The smallest absolute Gasteiger partial charge is 0.230 e. The van der Waals surface area contributed by atoms with E-state index in [1.165, 1.54) is 0 Å². The van der Waals surface area contributed by atoms with Gasteiger partial charge >= 0.3 is 0 Å². The summed E-state index contributed by atoms with van der Waals surface area (Å²) < 4.78 is 24.9. The molecular weight excluding hydrogens is 397 g/mol. The number of hydrogen-bond acceptors (Lipinski definition) is 4. The molecule has 2 aromatic rings. The zero-order valence-corrected chi connectivity index (χ0v) is 19.8. The Hall–Kier alpha value is -2.26. The molecule has 2 rings (SSSR count). The van der Waals surface area contributed by atoms with E-state index in [2.05, 4.69) is 27.7 Å². The Morgan fingerprint density at radius 3 is 1.47 bits per heavy atom. The second-order valence-electron chi connectivity index (χ2n) is 8.38. The third kappa shape index (κ3) is 6.12. The zero-order chi connectivity index (χ0) is 22.3. The Balaban J connectivity index is 2.45. The first kappa shape index (κ1) is 24.0. The Labute approximate surface area is 180 Å².